The van der Waals surface area contributed by atoms with Crippen molar-refractivity contribution >= 4 is 39.5 Å². The number of amides is 1. The number of carbonyl (C=O) groups is 1. The highest BCUT2D eigenvalue weighted by atomic mass is 32.2. The van der Waals surface area contributed by atoms with Crippen LogP contribution >= 0.6 is 11.9 Å². The lowest BCUT2D eigenvalue weighted by Gasteiger charge is -2.08. The van der Waals surface area contributed by atoms with E-state index in [1.165, 1.54) is 22.7 Å². The SMILES string of the molecule is CSNC(=O)c1[nH]c2ccccc2c1CCCOc1ccc2ccccc2c1. The Morgan fingerprint density at radius 2 is 1.82 bits per heavy atom. The maximum atomic E-state index is 12.4. The van der Waals surface area contributed by atoms with E-state index in [4.69, 9.17) is 4.74 Å². The number of rotatable bonds is 7. The first-order valence-corrected chi connectivity index (χ1v) is 10.5. The molecule has 3 aromatic carbocycles. The van der Waals surface area contributed by atoms with Gasteiger partial charge in [-0.15, -0.1) is 0 Å². The lowest BCUT2D eigenvalue weighted by atomic mass is 10.1. The normalized spacial score (nSPS) is 11.0. The van der Waals surface area contributed by atoms with Crippen molar-refractivity contribution in [1.82, 2.24) is 9.71 Å². The average molecular weight is 391 g/mol. The van der Waals surface area contributed by atoms with E-state index >= 15 is 0 Å². The van der Waals surface area contributed by atoms with E-state index in [0.717, 1.165) is 35.1 Å². The van der Waals surface area contributed by atoms with Gasteiger partial charge in [0.1, 0.15) is 11.4 Å². The molecule has 4 aromatic rings. The number of ether oxygens (including phenoxy) is 1. The Hall–Kier alpha value is -2.92. The number of benzene rings is 3. The molecule has 1 aromatic heterocycles. The molecule has 0 fully saturated rings. The van der Waals surface area contributed by atoms with E-state index in [2.05, 4.69) is 40.0 Å². The number of aromatic nitrogens is 1. The van der Waals surface area contributed by atoms with Crippen LogP contribution in [0.5, 0.6) is 5.75 Å². The van der Waals surface area contributed by atoms with Crippen molar-refractivity contribution in [3.05, 3.63) is 78.0 Å². The van der Waals surface area contributed by atoms with E-state index in [0.29, 0.717) is 12.3 Å². The number of aryl methyl sites for hydroxylation is 1. The molecule has 0 spiro atoms. The Labute approximate surface area is 168 Å². The molecular weight excluding hydrogens is 368 g/mol. The van der Waals surface area contributed by atoms with Crippen LogP contribution in [-0.2, 0) is 6.42 Å². The third-order valence-corrected chi connectivity index (χ3v) is 5.19. The first kappa shape index (κ1) is 18.4. The Morgan fingerprint density at radius 3 is 2.68 bits per heavy atom. The smallest absolute Gasteiger partial charge is 0.277 e. The molecule has 0 bridgehead atoms. The standard InChI is InChI=1S/C23H22N2O2S/c1-28-25-23(26)22-20(19-9-4-5-11-21(19)24-22)10-6-14-27-18-13-12-16-7-2-3-8-17(16)15-18/h2-5,7-9,11-13,15,24H,6,10,14H2,1H3,(H,25,26). The van der Waals surface area contributed by atoms with Gasteiger partial charge in [-0.2, -0.15) is 0 Å². The lowest BCUT2D eigenvalue weighted by molar-refractivity contribution is 0.0979. The topological polar surface area (TPSA) is 54.1 Å². The zero-order chi connectivity index (χ0) is 19.3. The quantitative estimate of drug-likeness (QED) is 0.331. The predicted octanol–water partition coefficient (Wildman–Crippen LogP) is 5.34. The molecule has 5 heteroatoms. The molecule has 0 radical (unpaired) electrons. The highest BCUT2D eigenvalue weighted by Crippen LogP contribution is 2.25. The highest BCUT2D eigenvalue weighted by molar-refractivity contribution is 7.97. The molecule has 2 N–H and O–H groups in total. The molecule has 4 rings (SSSR count). The van der Waals surface area contributed by atoms with Gasteiger partial charge >= 0.3 is 0 Å². The number of H-pyrrole nitrogens is 1. The zero-order valence-electron chi connectivity index (χ0n) is 15.7. The van der Waals surface area contributed by atoms with Crippen molar-refractivity contribution in [2.45, 2.75) is 12.8 Å². The maximum Gasteiger partial charge on any atom is 0.277 e. The monoisotopic (exact) mass is 390 g/mol. The minimum absolute atomic E-state index is 0.0888. The van der Waals surface area contributed by atoms with E-state index < -0.39 is 0 Å². The Balaban J connectivity index is 1.46. The zero-order valence-corrected chi connectivity index (χ0v) is 16.5. The third kappa shape index (κ3) is 3.85. The van der Waals surface area contributed by atoms with Crippen LogP contribution in [0.1, 0.15) is 22.5 Å². The van der Waals surface area contributed by atoms with Crippen molar-refractivity contribution in [2.24, 2.45) is 0 Å². The number of hydrogen-bond donors (Lipinski definition) is 2. The van der Waals surface area contributed by atoms with Gasteiger partial charge in [0.2, 0.25) is 0 Å². The van der Waals surface area contributed by atoms with E-state index in [-0.39, 0.29) is 5.91 Å². The molecule has 1 amide bonds. The fourth-order valence-electron chi connectivity index (χ4n) is 3.49. The number of fused-ring (bicyclic) bond motifs is 2. The summed E-state index contributed by atoms with van der Waals surface area (Å²) in [6.07, 6.45) is 3.45. The van der Waals surface area contributed by atoms with Gasteiger partial charge in [0.15, 0.2) is 0 Å². The second-order valence-corrected chi connectivity index (χ2v) is 7.23. The van der Waals surface area contributed by atoms with Crippen LogP contribution in [0.15, 0.2) is 66.7 Å². The summed E-state index contributed by atoms with van der Waals surface area (Å²) in [5, 5.41) is 3.48. The van der Waals surface area contributed by atoms with Crippen LogP contribution in [0.2, 0.25) is 0 Å². The summed E-state index contributed by atoms with van der Waals surface area (Å²) in [7, 11) is 0. The second-order valence-electron chi connectivity index (χ2n) is 6.62. The average Bonchev–Trinajstić information content (AvgIpc) is 3.10. The molecule has 0 atom stereocenters. The second kappa shape index (κ2) is 8.40. The molecule has 0 saturated carbocycles. The third-order valence-electron chi connectivity index (χ3n) is 4.80. The minimum atomic E-state index is -0.0888. The molecular formula is C23H22N2O2S. The number of hydrogen-bond acceptors (Lipinski definition) is 3. The maximum absolute atomic E-state index is 12.4. The Kier molecular flexibility index (Phi) is 5.53. The van der Waals surface area contributed by atoms with Crippen LogP contribution in [0.4, 0.5) is 0 Å². The predicted molar refractivity (Wildman–Crippen MR) is 117 cm³/mol. The summed E-state index contributed by atoms with van der Waals surface area (Å²) in [5.41, 5.74) is 2.67. The molecule has 0 aliphatic heterocycles. The van der Waals surface area contributed by atoms with Gasteiger partial charge in [-0.25, -0.2) is 0 Å². The Morgan fingerprint density at radius 1 is 1.04 bits per heavy atom. The first-order valence-electron chi connectivity index (χ1n) is 9.31. The van der Waals surface area contributed by atoms with Crippen molar-refractivity contribution in [1.29, 1.82) is 0 Å². The van der Waals surface area contributed by atoms with Crippen molar-refractivity contribution in [3.8, 4) is 5.75 Å². The summed E-state index contributed by atoms with van der Waals surface area (Å²) < 4.78 is 8.77. The summed E-state index contributed by atoms with van der Waals surface area (Å²) >= 11 is 1.31. The van der Waals surface area contributed by atoms with Crippen molar-refractivity contribution < 1.29 is 9.53 Å². The van der Waals surface area contributed by atoms with Crippen molar-refractivity contribution in [2.75, 3.05) is 12.9 Å². The molecule has 1 heterocycles. The largest absolute Gasteiger partial charge is 0.494 e. The van der Waals surface area contributed by atoms with E-state index in [1.54, 1.807) is 0 Å². The molecule has 0 unspecified atom stereocenters. The Bertz CT molecular complexity index is 1120. The lowest BCUT2D eigenvalue weighted by Crippen LogP contribution is -2.17. The summed E-state index contributed by atoms with van der Waals surface area (Å²) in [4.78, 5) is 15.7. The first-order chi connectivity index (χ1) is 13.8. The molecule has 28 heavy (non-hydrogen) atoms. The molecule has 142 valence electrons. The molecule has 0 aliphatic carbocycles. The summed E-state index contributed by atoms with van der Waals surface area (Å²) in [6.45, 7) is 0.599. The van der Waals surface area contributed by atoms with Gasteiger partial charge in [-0.3, -0.25) is 9.52 Å². The number of aromatic amines is 1. The van der Waals surface area contributed by atoms with Gasteiger partial charge < -0.3 is 9.72 Å². The number of nitrogens with one attached hydrogen (secondary N) is 2. The minimum Gasteiger partial charge on any atom is -0.494 e. The van der Waals surface area contributed by atoms with Gasteiger partial charge in [0.05, 0.1) is 6.61 Å². The van der Waals surface area contributed by atoms with Crippen LogP contribution in [0.25, 0.3) is 21.7 Å². The van der Waals surface area contributed by atoms with Crippen LogP contribution < -0.4 is 9.46 Å². The van der Waals surface area contributed by atoms with E-state index in [9.17, 15) is 4.79 Å². The van der Waals surface area contributed by atoms with Gasteiger partial charge in [0.25, 0.3) is 5.91 Å². The fraction of sp³-hybridized carbons (Fsp3) is 0.174. The van der Waals surface area contributed by atoms with Crippen LogP contribution in [0, 0.1) is 0 Å². The number of carbonyl (C=O) groups excluding carboxylic acids is 1. The molecule has 0 aliphatic rings. The molecule has 0 saturated heterocycles. The summed E-state index contributed by atoms with van der Waals surface area (Å²) in [6, 6.07) is 22.4. The van der Waals surface area contributed by atoms with Crippen molar-refractivity contribution in [3.63, 3.8) is 0 Å². The molecule has 4 nitrogen and oxygen atoms in total. The van der Waals surface area contributed by atoms with Crippen LogP contribution in [-0.4, -0.2) is 23.8 Å². The van der Waals surface area contributed by atoms with Gasteiger partial charge in [-0.1, -0.05) is 60.5 Å². The summed E-state index contributed by atoms with van der Waals surface area (Å²) in [5.74, 6) is 0.784. The van der Waals surface area contributed by atoms with Gasteiger partial charge in [-0.05, 0) is 47.4 Å². The van der Waals surface area contributed by atoms with Crippen LogP contribution in [0.3, 0.4) is 0 Å². The highest BCUT2D eigenvalue weighted by Gasteiger charge is 2.17. The van der Waals surface area contributed by atoms with E-state index in [1.807, 2.05) is 42.7 Å². The van der Waals surface area contributed by atoms with Gasteiger partial charge in [0, 0.05) is 17.2 Å². The fourth-order valence-corrected chi connectivity index (χ4v) is 3.78. The number of para-hydroxylation sites is 1.